The normalized spacial score (nSPS) is 16.4. The van der Waals surface area contributed by atoms with E-state index < -0.39 is 10.0 Å². The third-order valence-corrected chi connectivity index (χ3v) is 7.51. The molecule has 3 aromatic rings. The maximum absolute atomic E-state index is 13.3. The van der Waals surface area contributed by atoms with Gasteiger partial charge in [0.05, 0.1) is 19.9 Å². The zero-order valence-electron chi connectivity index (χ0n) is 18.2. The van der Waals surface area contributed by atoms with Crippen LogP contribution in [0.2, 0.25) is 0 Å². The number of aromatic nitrogens is 2. The number of anilines is 1. The summed E-state index contributed by atoms with van der Waals surface area (Å²) >= 11 is 0. The molecule has 0 saturated carbocycles. The number of nitrogens with zero attached hydrogens (tertiary/aromatic N) is 3. The van der Waals surface area contributed by atoms with Gasteiger partial charge in [0.15, 0.2) is 11.4 Å². The van der Waals surface area contributed by atoms with Gasteiger partial charge in [0.25, 0.3) is 10.0 Å². The van der Waals surface area contributed by atoms with E-state index in [1.807, 2.05) is 6.07 Å². The second kappa shape index (κ2) is 8.25. The molecule has 1 aliphatic carbocycles. The number of aryl methyl sites for hydroxylation is 2. The lowest BCUT2D eigenvalue weighted by molar-refractivity contribution is 0.170. The number of hydrogen-bond donors (Lipinski definition) is 1. The fourth-order valence-corrected chi connectivity index (χ4v) is 5.55. The predicted octanol–water partition coefficient (Wildman–Crippen LogP) is 3.13. The van der Waals surface area contributed by atoms with E-state index in [0.717, 1.165) is 55.6 Å². The quantitative estimate of drug-likeness (QED) is 0.576. The van der Waals surface area contributed by atoms with Crippen LogP contribution in [-0.4, -0.2) is 50.8 Å². The van der Waals surface area contributed by atoms with Crippen molar-refractivity contribution in [1.29, 1.82) is 0 Å². The number of fused-ring (bicyclic) bond motifs is 2. The van der Waals surface area contributed by atoms with Crippen LogP contribution in [0.1, 0.15) is 36.1 Å². The van der Waals surface area contributed by atoms with Gasteiger partial charge in [-0.2, -0.15) is 0 Å². The number of ether oxygens (including phenoxy) is 2. The maximum atomic E-state index is 13.3. The van der Waals surface area contributed by atoms with Gasteiger partial charge in [0.2, 0.25) is 5.88 Å². The molecule has 9 nitrogen and oxygen atoms in total. The molecule has 1 aliphatic heterocycles. The molecule has 0 spiro atoms. The summed E-state index contributed by atoms with van der Waals surface area (Å²) in [6.45, 7) is 2.75. The van der Waals surface area contributed by atoms with Crippen LogP contribution in [0.5, 0.6) is 11.6 Å². The summed E-state index contributed by atoms with van der Waals surface area (Å²) in [5.41, 5.74) is 3.38. The van der Waals surface area contributed by atoms with Crippen LogP contribution < -0.4 is 14.2 Å². The van der Waals surface area contributed by atoms with Gasteiger partial charge in [0.1, 0.15) is 16.0 Å². The molecule has 0 atom stereocenters. The van der Waals surface area contributed by atoms with Crippen molar-refractivity contribution in [3.05, 3.63) is 35.0 Å². The highest BCUT2D eigenvalue weighted by Crippen LogP contribution is 2.36. The lowest BCUT2D eigenvalue weighted by atomic mass is 9.92. The van der Waals surface area contributed by atoms with Crippen molar-refractivity contribution < 1.29 is 22.4 Å². The summed E-state index contributed by atoms with van der Waals surface area (Å²) in [5, 5.41) is 4.36. The monoisotopic (exact) mass is 458 g/mol. The van der Waals surface area contributed by atoms with Crippen molar-refractivity contribution in [2.24, 2.45) is 0 Å². The van der Waals surface area contributed by atoms with Gasteiger partial charge >= 0.3 is 0 Å². The molecule has 0 radical (unpaired) electrons. The minimum absolute atomic E-state index is 0.0413. The van der Waals surface area contributed by atoms with E-state index in [4.69, 9.17) is 14.0 Å². The van der Waals surface area contributed by atoms with Crippen LogP contribution in [0.3, 0.4) is 0 Å². The predicted molar refractivity (Wildman–Crippen MR) is 119 cm³/mol. The molecular weight excluding hydrogens is 432 g/mol. The fourth-order valence-electron chi connectivity index (χ4n) is 4.34. The van der Waals surface area contributed by atoms with Crippen molar-refractivity contribution in [2.45, 2.75) is 43.5 Å². The Bertz CT molecular complexity index is 1270. The highest BCUT2D eigenvalue weighted by atomic mass is 32.2. The van der Waals surface area contributed by atoms with Crippen LogP contribution in [0.25, 0.3) is 11.0 Å². The molecule has 10 heteroatoms. The Morgan fingerprint density at radius 2 is 1.81 bits per heavy atom. The van der Waals surface area contributed by atoms with Crippen LogP contribution in [0, 0.1) is 0 Å². The number of likely N-dealkylation sites (tertiary alicyclic amines) is 1. The Hall–Kier alpha value is -2.85. The van der Waals surface area contributed by atoms with E-state index in [0.29, 0.717) is 23.3 Å². The fraction of sp³-hybridized carbons (Fsp3) is 0.455. The minimum atomic E-state index is -3.99. The third kappa shape index (κ3) is 3.77. The van der Waals surface area contributed by atoms with Gasteiger partial charge in [-0.15, -0.1) is 0 Å². The van der Waals surface area contributed by atoms with Gasteiger partial charge in [-0.25, -0.2) is 13.4 Å². The molecule has 0 bridgehead atoms. The number of sulfonamides is 1. The van der Waals surface area contributed by atoms with Gasteiger partial charge in [0, 0.05) is 12.6 Å². The highest BCUT2D eigenvalue weighted by molar-refractivity contribution is 7.92. The number of hydrogen-bond acceptors (Lipinski definition) is 8. The van der Waals surface area contributed by atoms with E-state index in [1.54, 1.807) is 12.1 Å². The van der Waals surface area contributed by atoms with Crippen molar-refractivity contribution in [2.75, 3.05) is 32.0 Å². The maximum Gasteiger partial charge on any atom is 0.266 e. The van der Waals surface area contributed by atoms with Crippen LogP contribution >= 0.6 is 0 Å². The van der Waals surface area contributed by atoms with E-state index in [-0.39, 0.29) is 16.6 Å². The van der Waals surface area contributed by atoms with Crippen molar-refractivity contribution in [3.63, 3.8) is 0 Å². The van der Waals surface area contributed by atoms with Crippen LogP contribution in [0.15, 0.2) is 27.6 Å². The first kappa shape index (κ1) is 21.0. The standard InChI is InChI=1S/C22H26N4O5S/c1-29-17-10-14-6-3-4-7-15(14)11-19(17)32(27,28)25-21-20-18(31-24-21)12-16(23-22(20)30-2)13-26-8-5-9-26/h10-12H,3-9,13H2,1-2H3,(H,24,25). The summed E-state index contributed by atoms with van der Waals surface area (Å²) in [6, 6.07) is 5.31. The SMILES string of the molecule is COc1cc2c(cc1S(=O)(=O)Nc1noc3cc(CN4CCC4)nc(OC)c13)CCCC2. The molecule has 1 fully saturated rings. The van der Waals surface area contributed by atoms with Crippen molar-refractivity contribution >= 4 is 26.8 Å². The summed E-state index contributed by atoms with van der Waals surface area (Å²) in [5.74, 6) is 0.627. The molecule has 2 aliphatic rings. The smallest absolute Gasteiger partial charge is 0.266 e. The second-order valence-electron chi connectivity index (χ2n) is 8.24. The third-order valence-electron chi connectivity index (χ3n) is 6.15. The molecule has 5 rings (SSSR count). The summed E-state index contributed by atoms with van der Waals surface area (Å²) in [4.78, 5) is 6.89. The number of rotatable bonds is 7. The Morgan fingerprint density at radius 3 is 2.47 bits per heavy atom. The molecular formula is C22H26N4O5S. The summed E-state index contributed by atoms with van der Waals surface area (Å²) in [6.07, 6.45) is 5.10. The molecule has 32 heavy (non-hydrogen) atoms. The average Bonchev–Trinajstić information content (AvgIpc) is 3.16. The highest BCUT2D eigenvalue weighted by Gasteiger charge is 2.27. The topological polar surface area (TPSA) is 107 Å². The molecule has 170 valence electrons. The van der Waals surface area contributed by atoms with Crippen molar-refractivity contribution in [1.82, 2.24) is 15.0 Å². The average molecular weight is 459 g/mol. The minimum Gasteiger partial charge on any atom is -0.495 e. The largest absolute Gasteiger partial charge is 0.495 e. The number of nitrogens with one attached hydrogen (secondary N) is 1. The molecule has 0 amide bonds. The molecule has 0 unspecified atom stereocenters. The Balaban J connectivity index is 1.51. The Labute approximate surface area is 186 Å². The van der Waals surface area contributed by atoms with E-state index in [1.165, 1.54) is 20.6 Å². The van der Waals surface area contributed by atoms with Crippen LogP contribution in [-0.2, 0) is 29.4 Å². The molecule has 2 aromatic heterocycles. The van der Waals surface area contributed by atoms with Crippen LogP contribution in [0.4, 0.5) is 5.82 Å². The second-order valence-corrected chi connectivity index (χ2v) is 9.89. The van der Waals surface area contributed by atoms with Gasteiger partial charge in [-0.1, -0.05) is 5.16 Å². The van der Waals surface area contributed by atoms with E-state index in [9.17, 15) is 8.42 Å². The van der Waals surface area contributed by atoms with E-state index in [2.05, 4.69) is 19.8 Å². The molecule has 1 N–H and O–H groups in total. The summed E-state index contributed by atoms with van der Waals surface area (Å²) in [7, 11) is -1.02. The number of pyridine rings is 1. The summed E-state index contributed by atoms with van der Waals surface area (Å²) < 4.78 is 45.5. The first-order valence-electron chi connectivity index (χ1n) is 10.8. The van der Waals surface area contributed by atoms with E-state index >= 15 is 0 Å². The first-order chi connectivity index (χ1) is 15.5. The lowest BCUT2D eigenvalue weighted by Crippen LogP contribution is -2.36. The zero-order valence-corrected chi connectivity index (χ0v) is 19.0. The molecule has 1 saturated heterocycles. The Morgan fingerprint density at radius 1 is 1.06 bits per heavy atom. The Kier molecular flexibility index (Phi) is 5.42. The van der Waals surface area contributed by atoms with Gasteiger partial charge in [-0.05, 0) is 68.5 Å². The van der Waals surface area contributed by atoms with Gasteiger partial charge < -0.3 is 14.0 Å². The molecule has 3 heterocycles. The van der Waals surface area contributed by atoms with Gasteiger partial charge in [-0.3, -0.25) is 9.62 Å². The van der Waals surface area contributed by atoms with Crippen molar-refractivity contribution in [3.8, 4) is 11.6 Å². The number of benzene rings is 1. The lowest BCUT2D eigenvalue weighted by Gasteiger charge is -2.30. The number of methoxy groups -OCH3 is 2. The zero-order chi connectivity index (χ0) is 22.3. The first-order valence-corrected chi connectivity index (χ1v) is 12.2. The molecule has 1 aromatic carbocycles.